The summed E-state index contributed by atoms with van der Waals surface area (Å²) >= 11 is 0. The van der Waals surface area contributed by atoms with Gasteiger partial charge in [0.15, 0.2) is 0 Å². The number of likely N-dealkylation sites (tertiary alicyclic amines) is 1. The molecule has 1 aliphatic heterocycles. The Hall–Kier alpha value is -1.56. The van der Waals surface area contributed by atoms with E-state index in [2.05, 4.69) is 23.5 Å². The van der Waals surface area contributed by atoms with E-state index in [1.54, 1.807) is 6.08 Å². The molecule has 0 bridgehead atoms. The first-order valence-electron chi connectivity index (χ1n) is 5.28. The number of nitrogens with zero attached hydrogens (tertiary/aromatic N) is 3. The van der Waals surface area contributed by atoms with Crippen LogP contribution in [-0.2, 0) is 0 Å². The molecular weight excluding hydrogens is 186 g/mol. The predicted octanol–water partition coefficient (Wildman–Crippen LogP) is 2.48. The van der Waals surface area contributed by atoms with Gasteiger partial charge < -0.3 is 4.90 Å². The maximum absolute atomic E-state index is 8.65. The molecule has 0 radical (unpaired) electrons. The van der Waals surface area contributed by atoms with Gasteiger partial charge in [-0.05, 0) is 45.1 Å². The van der Waals surface area contributed by atoms with E-state index in [9.17, 15) is 0 Å². The molecule has 0 spiro atoms. The first-order chi connectivity index (χ1) is 7.27. The fourth-order valence-electron chi connectivity index (χ4n) is 1.68. The Morgan fingerprint density at radius 2 is 2.00 bits per heavy atom. The van der Waals surface area contributed by atoms with E-state index in [0.29, 0.717) is 5.70 Å². The number of hydrogen-bond donors (Lipinski definition) is 0. The lowest BCUT2D eigenvalue weighted by Gasteiger charge is -2.29. The number of aliphatic imine (C=N–C) groups is 1. The van der Waals surface area contributed by atoms with Crippen molar-refractivity contribution in [3.05, 3.63) is 23.5 Å². The molecule has 0 aliphatic carbocycles. The van der Waals surface area contributed by atoms with Crippen molar-refractivity contribution >= 4 is 6.72 Å². The van der Waals surface area contributed by atoms with Gasteiger partial charge in [-0.2, -0.15) is 5.26 Å². The molecule has 0 unspecified atom stereocenters. The zero-order chi connectivity index (χ0) is 11.1. The second-order valence-corrected chi connectivity index (χ2v) is 3.68. The van der Waals surface area contributed by atoms with Gasteiger partial charge in [-0.3, -0.25) is 4.99 Å². The summed E-state index contributed by atoms with van der Waals surface area (Å²) < 4.78 is 0. The van der Waals surface area contributed by atoms with Gasteiger partial charge in [0.25, 0.3) is 0 Å². The van der Waals surface area contributed by atoms with Gasteiger partial charge in [-0.15, -0.1) is 0 Å². The van der Waals surface area contributed by atoms with Crippen LogP contribution in [0.3, 0.4) is 0 Å². The quantitative estimate of drug-likeness (QED) is 0.401. The van der Waals surface area contributed by atoms with Gasteiger partial charge in [0.1, 0.15) is 11.8 Å². The highest BCUT2D eigenvalue weighted by Crippen LogP contribution is 2.14. The van der Waals surface area contributed by atoms with Gasteiger partial charge in [0.05, 0.1) is 0 Å². The second-order valence-electron chi connectivity index (χ2n) is 3.68. The number of piperidine rings is 1. The number of nitriles is 1. The normalized spacial score (nSPS) is 18.5. The highest BCUT2D eigenvalue weighted by Gasteiger charge is 2.08. The minimum atomic E-state index is 0.367. The van der Waals surface area contributed by atoms with Crippen LogP contribution in [0.5, 0.6) is 0 Å². The molecular formula is C12H17N3. The average Bonchev–Trinajstić information content (AvgIpc) is 2.31. The summed E-state index contributed by atoms with van der Waals surface area (Å²) in [6, 6.07) is 1.98. The third-order valence-corrected chi connectivity index (χ3v) is 2.62. The zero-order valence-corrected chi connectivity index (χ0v) is 9.24. The molecule has 3 heteroatoms. The van der Waals surface area contributed by atoms with Crippen LogP contribution in [0.2, 0.25) is 0 Å². The van der Waals surface area contributed by atoms with Crippen molar-refractivity contribution in [1.29, 1.82) is 5.26 Å². The minimum absolute atomic E-state index is 0.367. The molecule has 3 nitrogen and oxygen atoms in total. The highest BCUT2D eigenvalue weighted by molar-refractivity contribution is 5.36. The third-order valence-electron chi connectivity index (χ3n) is 2.62. The van der Waals surface area contributed by atoms with E-state index in [-0.39, 0.29) is 0 Å². The van der Waals surface area contributed by atoms with E-state index >= 15 is 0 Å². The summed E-state index contributed by atoms with van der Waals surface area (Å²) in [5, 5.41) is 8.65. The van der Waals surface area contributed by atoms with Crippen molar-refractivity contribution in [2.75, 3.05) is 13.1 Å². The van der Waals surface area contributed by atoms with Crippen LogP contribution in [0.25, 0.3) is 0 Å². The number of allylic oxidation sites excluding steroid dienone is 4. The first kappa shape index (κ1) is 11.5. The number of hydrogen-bond acceptors (Lipinski definition) is 3. The van der Waals surface area contributed by atoms with Crippen molar-refractivity contribution in [2.24, 2.45) is 4.99 Å². The standard InChI is InChI=1S/C12H17N3/c1-11(6-7-12(10-13)14-2)15-8-4-3-5-9-15/h6-7H,2-5,8-9H2,1H3/b11-6+,12-7-. The van der Waals surface area contributed by atoms with Crippen LogP contribution >= 0.6 is 0 Å². The summed E-state index contributed by atoms with van der Waals surface area (Å²) in [5.41, 5.74) is 1.57. The smallest absolute Gasteiger partial charge is 0.139 e. The molecule has 1 heterocycles. The van der Waals surface area contributed by atoms with Crippen LogP contribution in [0, 0.1) is 11.3 Å². The fraction of sp³-hybridized carbons (Fsp3) is 0.500. The molecule has 1 rings (SSSR count). The third kappa shape index (κ3) is 3.59. The van der Waals surface area contributed by atoms with Crippen molar-refractivity contribution < 1.29 is 0 Å². The maximum Gasteiger partial charge on any atom is 0.139 e. The highest BCUT2D eigenvalue weighted by atomic mass is 15.1. The Morgan fingerprint density at radius 1 is 1.33 bits per heavy atom. The van der Waals surface area contributed by atoms with E-state index < -0.39 is 0 Å². The molecule has 1 fully saturated rings. The first-order valence-corrected chi connectivity index (χ1v) is 5.28. The number of rotatable bonds is 3. The maximum atomic E-state index is 8.65. The summed E-state index contributed by atoms with van der Waals surface area (Å²) in [7, 11) is 0. The molecule has 1 aliphatic rings. The molecule has 0 aromatic rings. The van der Waals surface area contributed by atoms with Crippen LogP contribution in [0.15, 0.2) is 28.5 Å². The van der Waals surface area contributed by atoms with Crippen LogP contribution in [-0.4, -0.2) is 24.7 Å². The Kier molecular flexibility index (Phi) is 4.62. The summed E-state index contributed by atoms with van der Waals surface area (Å²) in [4.78, 5) is 5.96. The SMILES string of the molecule is C=N/C(C#N)=C\C=C(/C)N1CCCCC1. The van der Waals surface area contributed by atoms with Gasteiger partial charge >= 0.3 is 0 Å². The van der Waals surface area contributed by atoms with Crippen LogP contribution in [0.4, 0.5) is 0 Å². The van der Waals surface area contributed by atoms with Crippen molar-refractivity contribution in [1.82, 2.24) is 4.90 Å². The monoisotopic (exact) mass is 203 g/mol. The van der Waals surface area contributed by atoms with Crippen molar-refractivity contribution in [2.45, 2.75) is 26.2 Å². The zero-order valence-electron chi connectivity index (χ0n) is 9.24. The van der Waals surface area contributed by atoms with Crippen molar-refractivity contribution in [3.8, 4) is 6.07 Å². The van der Waals surface area contributed by atoms with Crippen LogP contribution < -0.4 is 0 Å². The van der Waals surface area contributed by atoms with E-state index in [1.165, 1.54) is 25.0 Å². The molecule has 80 valence electrons. The summed E-state index contributed by atoms with van der Waals surface area (Å²) in [6.07, 6.45) is 7.52. The lowest BCUT2D eigenvalue weighted by Crippen LogP contribution is -2.27. The van der Waals surface area contributed by atoms with Gasteiger partial charge in [0, 0.05) is 18.8 Å². The van der Waals surface area contributed by atoms with Gasteiger partial charge in [-0.25, -0.2) is 0 Å². The van der Waals surface area contributed by atoms with Gasteiger partial charge in [0.2, 0.25) is 0 Å². The van der Waals surface area contributed by atoms with Crippen LogP contribution in [0.1, 0.15) is 26.2 Å². The molecule has 0 saturated carbocycles. The molecule has 0 atom stereocenters. The summed E-state index contributed by atoms with van der Waals surface area (Å²) in [6.45, 7) is 7.66. The van der Waals surface area contributed by atoms with E-state index in [1.807, 2.05) is 12.1 Å². The van der Waals surface area contributed by atoms with E-state index in [0.717, 1.165) is 13.1 Å². The lowest BCUT2D eigenvalue weighted by molar-refractivity contribution is 0.286. The largest absolute Gasteiger partial charge is 0.375 e. The average molecular weight is 203 g/mol. The fourth-order valence-corrected chi connectivity index (χ4v) is 1.68. The summed E-state index contributed by atoms with van der Waals surface area (Å²) in [5.74, 6) is 0. The van der Waals surface area contributed by atoms with Crippen molar-refractivity contribution in [3.63, 3.8) is 0 Å². The second kappa shape index (κ2) is 6.02. The Balaban J connectivity index is 2.62. The lowest BCUT2D eigenvalue weighted by atomic mass is 10.1. The molecule has 0 N–H and O–H groups in total. The Bertz CT molecular complexity index is 314. The molecule has 0 aromatic carbocycles. The topological polar surface area (TPSA) is 39.4 Å². The Morgan fingerprint density at radius 3 is 2.53 bits per heavy atom. The van der Waals surface area contributed by atoms with E-state index in [4.69, 9.17) is 5.26 Å². The van der Waals surface area contributed by atoms with Gasteiger partial charge in [-0.1, -0.05) is 0 Å². The molecule has 15 heavy (non-hydrogen) atoms. The molecule has 0 aromatic heterocycles. The predicted molar refractivity (Wildman–Crippen MR) is 62.4 cm³/mol. The minimum Gasteiger partial charge on any atom is -0.375 e. The molecule has 1 saturated heterocycles. The molecule has 0 amide bonds. The Labute approximate surface area is 91.4 Å².